The number of aryl methyl sites for hydroxylation is 1. The number of benzene rings is 2. The van der Waals surface area contributed by atoms with Crippen molar-refractivity contribution in [3.8, 4) is 0 Å². The van der Waals surface area contributed by atoms with Gasteiger partial charge < -0.3 is 14.6 Å². The molecule has 0 saturated carbocycles. The van der Waals surface area contributed by atoms with E-state index in [4.69, 9.17) is 5.11 Å². The summed E-state index contributed by atoms with van der Waals surface area (Å²) in [5.41, 5.74) is 4.18. The van der Waals surface area contributed by atoms with Crippen LogP contribution in [0.25, 0.3) is 10.9 Å². The third-order valence-corrected chi connectivity index (χ3v) is 7.45. The van der Waals surface area contributed by atoms with Crippen molar-refractivity contribution in [2.75, 3.05) is 19.0 Å². The second-order valence-corrected chi connectivity index (χ2v) is 9.90. The van der Waals surface area contributed by atoms with E-state index in [0.29, 0.717) is 25.8 Å². The zero-order valence-electron chi connectivity index (χ0n) is 17.7. The summed E-state index contributed by atoms with van der Waals surface area (Å²) < 4.78 is 30.9. The SMILES string of the molecule is CN(C)c1ccc(S(=O)(=O)NC2CCc3c(c4ccccc4n3CCC(=O)O)C2)cc1. The van der Waals surface area contributed by atoms with Crippen LogP contribution < -0.4 is 9.62 Å². The minimum atomic E-state index is -3.63. The predicted molar refractivity (Wildman–Crippen MR) is 121 cm³/mol. The minimum Gasteiger partial charge on any atom is -0.481 e. The van der Waals surface area contributed by atoms with Crippen molar-refractivity contribution in [1.29, 1.82) is 0 Å². The smallest absolute Gasteiger partial charge is 0.305 e. The first kappa shape index (κ1) is 21.4. The molecule has 8 heteroatoms. The highest BCUT2D eigenvalue weighted by Gasteiger charge is 2.28. The summed E-state index contributed by atoms with van der Waals surface area (Å²) in [6, 6.07) is 14.6. The lowest BCUT2D eigenvalue weighted by molar-refractivity contribution is -0.137. The summed E-state index contributed by atoms with van der Waals surface area (Å²) in [7, 11) is 0.196. The van der Waals surface area contributed by atoms with Gasteiger partial charge in [0.2, 0.25) is 10.0 Å². The lowest BCUT2D eigenvalue weighted by atomic mass is 9.92. The number of carboxylic acid groups (broad SMARTS) is 1. The Morgan fingerprint density at radius 1 is 1.16 bits per heavy atom. The molecule has 3 aromatic rings. The highest BCUT2D eigenvalue weighted by molar-refractivity contribution is 7.89. The normalized spacial score (nSPS) is 16.3. The van der Waals surface area contributed by atoms with Crippen molar-refractivity contribution in [2.45, 2.75) is 43.2 Å². The molecule has 1 aromatic heterocycles. The number of fused-ring (bicyclic) bond motifs is 3. The fourth-order valence-electron chi connectivity index (χ4n) is 4.38. The van der Waals surface area contributed by atoms with Crippen molar-refractivity contribution in [3.05, 3.63) is 59.8 Å². The highest BCUT2D eigenvalue weighted by atomic mass is 32.2. The zero-order valence-corrected chi connectivity index (χ0v) is 18.5. The molecule has 0 fully saturated rings. The monoisotopic (exact) mass is 441 g/mol. The summed E-state index contributed by atoms with van der Waals surface area (Å²) in [4.78, 5) is 13.3. The number of nitrogens with one attached hydrogen (secondary N) is 1. The number of hydrogen-bond donors (Lipinski definition) is 2. The van der Waals surface area contributed by atoms with Crippen LogP contribution in [0.15, 0.2) is 53.4 Å². The molecule has 164 valence electrons. The van der Waals surface area contributed by atoms with Crippen LogP contribution in [-0.4, -0.2) is 44.2 Å². The maximum Gasteiger partial charge on any atom is 0.305 e. The lowest BCUT2D eigenvalue weighted by Crippen LogP contribution is -2.39. The Hall–Kier alpha value is -2.84. The molecule has 2 aromatic carbocycles. The van der Waals surface area contributed by atoms with Gasteiger partial charge in [0.25, 0.3) is 0 Å². The zero-order chi connectivity index (χ0) is 22.2. The van der Waals surface area contributed by atoms with Gasteiger partial charge in [0, 0.05) is 49.0 Å². The Balaban J connectivity index is 1.59. The quantitative estimate of drug-likeness (QED) is 0.588. The van der Waals surface area contributed by atoms with Gasteiger partial charge in [-0.3, -0.25) is 4.79 Å². The molecule has 1 heterocycles. The van der Waals surface area contributed by atoms with E-state index in [0.717, 1.165) is 27.8 Å². The molecule has 0 amide bonds. The van der Waals surface area contributed by atoms with E-state index < -0.39 is 16.0 Å². The van der Waals surface area contributed by atoms with Crippen molar-refractivity contribution in [2.24, 2.45) is 0 Å². The molecule has 31 heavy (non-hydrogen) atoms. The summed E-state index contributed by atoms with van der Waals surface area (Å²) in [6.45, 7) is 0.416. The molecule has 1 aliphatic carbocycles. The predicted octanol–water partition coefficient (Wildman–Crippen LogP) is 3.02. The number of carbonyl (C=O) groups is 1. The summed E-state index contributed by atoms with van der Waals surface area (Å²) >= 11 is 0. The fourth-order valence-corrected chi connectivity index (χ4v) is 5.65. The minimum absolute atomic E-state index is 0.0596. The Bertz CT molecular complexity index is 1210. The number of rotatable bonds is 7. The van der Waals surface area contributed by atoms with E-state index in [9.17, 15) is 13.2 Å². The Morgan fingerprint density at radius 2 is 1.87 bits per heavy atom. The number of aliphatic carboxylic acids is 1. The third kappa shape index (κ3) is 4.31. The Kier molecular flexibility index (Phi) is 5.77. The molecule has 2 N–H and O–H groups in total. The molecule has 4 rings (SSSR count). The maximum absolute atomic E-state index is 12.9. The van der Waals surface area contributed by atoms with E-state index in [2.05, 4.69) is 9.29 Å². The van der Waals surface area contributed by atoms with Gasteiger partial charge in [-0.15, -0.1) is 0 Å². The summed E-state index contributed by atoms with van der Waals surface area (Å²) in [6.07, 6.45) is 2.02. The van der Waals surface area contributed by atoms with Gasteiger partial charge in [-0.2, -0.15) is 0 Å². The first-order valence-electron chi connectivity index (χ1n) is 10.4. The van der Waals surface area contributed by atoms with Gasteiger partial charge in [0.05, 0.1) is 11.3 Å². The number of para-hydroxylation sites is 1. The van der Waals surface area contributed by atoms with Crippen LogP contribution in [0.3, 0.4) is 0 Å². The number of aromatic nitrogens is 1. The van der Waals surface area contributed by atoms with Gasteiger partial charge >= 0.3 is 5.97 Å². The van der Waals surface area contributed by atoms with E-state index in [-0.39, 0.29) is 17.4 Å². The van der Waals surface area contributed by atoms with Crippen LogP contribution in [0, 0.1) is 0 Å². The van der Waals surface area contributed by atoms with E-state index in [1.165, 1.54) is 0 Å². The molecule has 0 saturated heterocycles. The number of sulfonamides is 1. The standard InChI is InChI=1S/C23H27N3O4S/c1-25(2)17-8-10-18(11-9-17)31(29,30)24-16-7-12-22-20(15-16)19-5-3-4-6-21(19)26(22)14-13-23(27)28/h3-6,8-11,16,24H,7,12-15H2,1-2H3,(H,27,28). The van der Waals surface area contributed by atoms with Crippen LogP contribution in [0.1, 0.15) is 24.1 Å². The second-order valence-electron chi connectivity index (χ2n) is 8.19. The van der Waals surface area contributed by atoms with Crippen molar-refractivity contribution < 1.29 is 18.3 Å². The van der Waals surface area contributed by atoms with E-state index in [1.807, 2.05) is 43.3 Å². The van der Waals surface area contributed by atoms with Gasteiger partial charge in [-0.1, -0.05) is 18.2 Å². The van der Waals surface area contributed by atoms with Crippen molar-refractivity contribution >= 4 is 32.6 Å². The second kappa shape index (κ2) is 8.36. The molecule has 1 aliphatic rings. The molecule has 0 aliphatic heterocycles. The number of anilines is 1. The van der Waals surface area contributed by atoms with Gasteiger partial charge in [-0.25, -0.2) is 13.1 Å². The van der Waals surface area contributed by atoms with Crippen LogP contribution in [0.2, 0.25) is 0 Å². The van der Waals surface area contributed by atoms with Crippen molar-refractivity contribution in [3.63, 3.8) is 0 Å². The molecular formula is C23H27N3O4S. The number of hydrogen-bond acceptors (Lipinski definition) is 4. The molecule has 0 spiro atoms. The molecular weight excluding hydrogens is 414 g/mol. The highest BCUT2D eigenvalue weighted by Crippen LogP contribution is 2.33. The van der Waals surface area contributed by atoms with Crippen LogP contribution >= 0.6 is 0 Å². The lowest BCUT2D eigenvalue weighted by Gasteiger charge is -2.25. The topological polar surface area (TPSA) is 91.6 Å². The molecule has 1 unspecified atom stereocenters. The Morgan fingerprint density at radius 3 is 2.55 bits per heavy atom. The van der Waals surface area contributed by atoms with Crippen LogP contribution in [0.4, 0.5) is 5.69 Å². The van der Waals surface area contributed by atoms with E-state index in [1.54, 1.807) is 24.3 Å². The van der Waals surface area contributed by atoms with Crippen LogP contribution in [-0.2, 0) is 34.2 Å². The summed E-state index contributed by atoms with van der Waals surface area (Å²) in [5.74, 6) is -0.826. The van der Waals surface area contributed by atoms with Gasteiger partial charge in [-0.05, 0) is 55.2 Å². The number of nitrogens with zero attached hydrogens (tertiary/aromatic N) is 2. The first-order valence-corrected chi connectivity index (χ1v) is 11.8. The molecule has 0 radical (unpaired) electrons. The molecule has 0 bridgehead atoms. The van der Waals surface area contributed by atoms with Crippen molar-refractivity contribution in [1.82, 2.24) is 9.29 Å². The van der Waals surface area contributed by atoms with E-state index >= 15 is 0 Å². The van der Waals surface area contributed by atoms with Crippen LogP contribution in [0.5, 0.6) is 0 Å². The average Bonchev–Trinajstić information content (AvgIpc) is 3.05. The molecule has 7 nitrogen and oxygen atoms in total. The summed E-state index contributed by atoms with van der Waals surface area (Å²) in [5, 5.41) is 10.2. The largest absolute Gasteiger partial charge is 0.481 e. The fraction of sp³-hybridized carbons (Fsp3) is 0.348. The third-order valence-electron chi connectivity index (χ3n) is 5.91. The first-order chi connectivity index (χ1) is 14.8. The average molecular weight is 442 g/mol. The van der Waals surface area contributed by atoms with Gasteiger partial charge in [0.1, 0.15) is 0 Å². The Labute approximate surface area is 182 Å². The van der Waals surface area contributed by atoms with Gasteiger partial charge in [0.15, 0.2) is 0 Å². The maximum atomic E-state index is 12.9. The molecule has 1 atom stereocenters. The number of carboxylic acids is 1.